The number of carbonyl (C=O) groups is 4. The monoisotopic (exact) mass is 649 g/mol. The first-order valence-corrected chi connectivity index (χ1v) is 15.5. The Balaban J connectivity index is 1.55. The quantitative estimate of drug-likeness (QED) is 0.146. The lowest BCUT2D eigenvalue weighted by Gasteiger charge is -2.48. The van der Waals surface area contributed by atoms with Crippen LogP contribution in [0, 0.1) is 11.7 Å². The number of carboxylic acid groups (broad SMARTS) is 1. The number of halogens is 1. The third-order valence-electron chi connectivity index (χ3n) is 8.38. The predicted molar refractivity (Wildman–Crippen MR) is 170 cm³/mol. The van der Waals surface area contributed by atoms with E-state index in [9.17, 15) is 33.8 Å². The Kier molecular flexibility index (Phi) is 11.8. The molecule has 0 spiro atoms. The summed E-state index contributed by atoms with van der Waals surface area (Å²) in [5, 5.41) is 29.3. The van der Waals surface area contributed by atoms with E-state index in [0.29, 0.717) is 36.9 Å². The fourth-order valence-corrected chi connectivity index (χ4v) is 5.77. The van der Waals surface area contributed by atoms with Gasteiger partial charge in [-0.25, -0.2) is 4.39 Å². The molecule has 3 N–H and O–H groups in total. The van der Waals surface area contributed by atoms with Crippen LogP contribution in [0.2, 0.25) is 0 Å². The highest BCUT2D eigenvalue weighted by Crippen LogP contribution is 2.46. The summed E-state index contributed by atoms with van der Waals surface area (Å²) in [6.07, 6.45) is 0.967. The molecule has 0 bridgehead atoms. The lowest BCUT2D eigenvalue weighted by Crippen LogP contribution is -2.55. The minimum absolute atomic E-state index is 0.00392. The van der Waals surface area contributed by atoms with E-state index in [1.807, 2.05) is 36.4 Å². The lowest BCUT2D eigenvalue weighted by atomic mass is 9.78. The lowest BCUT2D eigenvalue weighted by molar-refractivity contribution is -0.152. The first-order chi connectivity index (χ1) is 22.4. The molecule has 1 unspecified atom stereocenters. The van der Waals surface area contributed by atoms with Crippen molar-refractivity contribution >= 4 is 29.5 Å². The van der Waals surface area contributed by atoms with Gasteiger partial charge in [-0.05, 0) is 78.6 Å². The molecule has 0 saturated carbocycles. The number of esters is 2. The topological polar surface area (TPSA) is 151 Å². The number of hydrogen-bond acceptors (Lipinski definition) is 8. The number of carbonyl (C=O) groups excluding carboxylic acids is 3. The molecule has 250 valence electrons. The summed E-state index contributed by atoms with van der Waals surface area (Å²) in [7, 11) is 0. The van der Waals surface area contributed by atoms with Gasteiger partial charge in [0.05, 0.1) is 18.6 Å². The van der Waals surface area contributed by atoms with Gasteiger partial charge in [-0.2, -0.15) is 0 Å². The smallest absolute Gasteiger partial charge is 0.303 e. The van der Waals surface area contributed by atoms with E-state index in [-0.39, 0.29) is 31.4 Å². The van der Waals surface area contributed by atoms with Crippen LogP contribution in [0.4, 0.5) is 10.1 Å². The Morgan fingerprint density at radius 2 is 1.53 bits per heavy atom. The second-order valence-electron chi connectivity index (χ2n) is 12.0. The maximum Gasteiger partial charge on any atom is 0.303 e. The number of benzene rings is 3. The van der Waals surface area contributed by atoms with Crippen LogP contribution in [0.1, 0.15) is 73.9 Å². The fraction of sp³-hybridized carbons (Fsp3) is 0.389. The van der Waals surface area contributed by atoms with E-state index in [2.05, 4.69) is 0 Å². The summed E-state index contributed by atoms with van der Waals surface area (Å²) >= 11 is 0. The van der Waals surface area contributed by atoms with Gasteiger partial charge in [0, 0.05) is 26.0 Å². The molecule has 1 saturated heterocycles. The molecule has 0 radical (unpaired) electrons. The summed E-state index contributed by atoms with van der Waals surface area (Å²) in [4.78, 5) is 49.5. The molecule has 1 fully saturated rings. The van der Waals surface area contributed by atoms with E-state index in [1.54, 1.807) is 29.2 Å². The molecular formula is C36H40FNO9. The molecular weight excluding hydrogens is 609 g/mol. The SMILES string of the molecule is CC(=O)OCC(O)(CO)CCc1ccc([C@@H]2[C@@H](CC[C@@H](OC(C)=O)c3ccc(F)cc3)C(=O)N2c2ccc(CCC(=O)O)cc2)cc1. The summed E-state index contributed by atoms with van der Waals surface area (Å²) in [6, 6.07) is 20.1. The van der Waals surface area contributed by atoms with Crippen molar-refractivity contribution in [2.45, 2.75) is 70.1 Å². The second-order valence-corrected chi connectivity index (χ2v) is 12.0. The molecule has 3 aromatic carbocycles. The molecule has 47 heavy (non-hydrogen) atoms. The average Bonchev–Trinajstić information content (AvgIpc) is 3.05. The number of aliphatic hydroxyl groups excluding tert-OH is 1. The average molecular weight is 650 g/mol. The van der Waals surface area contributed by atoms with Gasteiger partial charge in [0.15, 0.2) is 0 Å². The van der Waals surface area contributed by atoms with Crippen molar-refractivity contribution in [3.8, 4) is 0 Å². The number of ether oxygens (including phenoxy) is 2. The number of rotatable bonds is 16. The Morgan fingerprint density at radius 3 is 2.11 bits per heavy atom. The number of nitrogens with zero attached hydrogens (tertiary/aromatic N) is 1. The zero-order chi connectivity index (χ0) is 34.1. The Morgan fingerprint density at radius 1 is 0.915 bits per heavy atom. The van der Waals surface area contributed by atoms with Gasteiger partial charge in [0.1, 0.15) is 24.1 Å². The van der Waals surface area contributed by atoms with Crippen LogP contribution in [0.25, 0.3) is 0 Å². The minimum atomic E-state index is -1.58. The van der Waals surface area contributed by atoms with Gasteiger partial charge in [0.2, 0.25) is 5.91 Å². The maximum atomic E-state index is 13.7. The molecule has 11 heteroatoms. The first kappa shape index (κ1) is 35.2. The minimum Gasteiger partial charge on any atom is -0.481 e. The zero-order valence-corrected chi connectivity index (χ0v) is 26.4. The Labute approximate surface area is 272 Å². The molecule has 3 aromatic rings. The molecule has 0 aromatic heterocycles. The van der Waals surface area contributed by atoms with Crippen molar-refractivity contribution in [3.05, 3.63) is 101 Å². The standard InChI is InChI=1S/C36H40FNO9/c1-23(40)46-22-36(45,21-39)20-19-26-3-8-28(9-4-26)34-31(16-17-32(47-24(2)41)27-10-12-29(37)13-11-27)35(44)38(34)30-14-5-25(6-15-30)7-18-33(42)43/h3-6,8-15,31-32,34,39,45H,7,16-22H2,1-2H3,(H,42,43)/t31-,32-,34-,36?/m1/s1. The largest absolute Gasteiger partial charge is 0.481 e. The van der Waals surface area contributed by atoms with Gasteiger partial charge < -0.3 is 29.7 Å². The molecule has 4 rings (SSSR count). The van der Waals surface area contributed by atoms with E-state index < -0.39 is 48.0 Å². The van der Waals surface area contributed by atoms with Crippen LogP contribution in [0.15, 0.2) is 72.8 Å². The van der Waals surface area contributed by atoms with Crippen molar-refractivity contribution in [1.29, 1.82) is 0 Å². The summed E-state index contributed by atoms with van der Waals surface area (Å²) in [5.74, 6) is -2.91. The molecule has 1 aliphatic rings. The number of anilines is 1. The molecule has 10 nitrogen and oxygen atoms in total. The van der Waals surface area contributed by atoms with Crippen molar-refractivity contribution in [2.75, 3.05) is 18.1 Å². The third kappa shape index (κ3) is 9.46. The number of aliphatic hydroxyl groups is 2. The highest BCUT2D eigenvalue weighted by Gasteiger charge is 2.48. The first-order valence-electron chi connectivity index (χ1n) is 15.5. The van der Waals surface area contributed by atoms with Gasteiger partial charge in [0.25, 0.3) is 0 Å². The predicted octanol–water partition coefficient (Wildman–Crippen LogP) is 4.85. The number of carboxylic acids is 1. The summed E-state index contributed by atoms with van der Waals surface area (Å²) < 4.78 is 24.0. The van der Waals surface area contributed by atoms with Crippen LogP contribution in [0.3, 0.4) is 0 Å². The van der Waals surface area contributed by atoms with Crippen LogP contribution in [0.5, 0.6) is 0 Å². The number of aliphatic carboxylic acids is 1. The summed E-state index contributed by atoms with van der Waals surface area (Å²) in [5.41, 5.74) is 2.27. The Hall–Kier alpha value is -4.61. The Bertz CT molecular complexity index is 1540. The van der Waals surface area contributed by atoms with Crippen LogP contribution in [-0.4, -0.2) is 57.9 Å². The molecule has 1 aliphatic heterocycles. The van der Waals surface area contributed by atoms with Gasteiger partial charge in [-0.3, -0.25) is 19.2 Å². The number of hydrogen-bond donors (Lipinski definition) is 3. The molecule has 1 amide bonds. The van der Waals surface area contributed by atoms with Crippen LogP contribution < -0.4 is 4.90 Å². The molecule has 1 heterocycles. The van der Waals surface area contributed by atoms with Crippen molar-refractivity contribution in [1.82, 2.24) is 0 Å². The normalized spacial score (nSPS) is 17.7. The second kappa shape index (κ2) is 15.8. The van der Waals surface area contributed by atoms with E-state index in [0.717, 1.165) is 16.7 Å². The highest BCUT2D eigenvalue weighted by atomic mass is 19.1. The number of amides is 1. The molecule has 0 aliphatic carbocycles. The number of aryl methyl sites for hydroxylation is 2. The summed E-state index contributed by atoms with van der Waals surface area (Å²) in [6.45, 7) is 1.64. The van der Waals surface area contributed by atoms with E-state index in [4.69, 9.17) is 14.6 Å². The number of β-lactam (4-membered cyclic amide) rings is 1. The molecule has 4 atom stereocenters. The third-order valence-corrected chi connectivity index (χ3v) is 8.38. The highest BCUT2D eigenvalue weighted by molar-refractivity contribution is 6.03. The maximum absolute atomic E-state index is 13.7. The van der Waals surface area contributed by atoms with Crippen molar-refractivity contribution in [3.63, 3.8) is 0 Å². The van der Waals surface area contributed by atoms with Gasteiger partial charge in [-0.15, -0.1) is 0 Å². The van der Waals surface area contributed by atoms with Crippen LogP contribution >= 0.6 is 0 Å². The van der Waals surface area contributed by atoms with E-state index in [1.165, 1.54) is 26.0 Å². The van der Waals surface area contributed by atoms with Crippen molar-refractivity contribution in [2.24, 2.45) is 5.92 Å². The van der Waals surface area contributed by atoms with Crippen molar-refractivity contribution < 1.29 is 48.4 Å². The van der Waals surface area contributed by atoms with Gasteiger partial charge >= 0.3 is 17.9 Å². The van der Waals surface area contributed by atoms with E-state index >= 15 is 0 Å². The van der Waals surface area contributed by atoms with Crippen LogP contribution in [-0.2, 0) is 41.5 Å². The van der Waals surface area contributed by atoms with Gasteiger partial charge in [-0.1, -0.05) is 48.5 Å². The fourth-order valence-electron chi connectivity index (χ4n) is 5.77. The zero-order valence-electron chi connectivity index (χ0n) is 26.4.